The van der Waals surface area contributed by atoms with Gasteiger partial charge in [0, 0.05) is 16.5 Å². The van der Waals surface area contributed by atoms with E-state index >= 15 is 0 Å². The first kappa shape index (κ1) is 29.8. The van der Waals surface area contributed by atoms with Gasteiger partial charge in [-0.1, -0.05) is 0 Å². The highest BCUT2D eigenvalue weighted by molar-refractivity contribution is 7.87. The maximum absolute atomic E-state index is 12.1. The zero-order chi connectivity index (χ0) is 30.3. The Labute approximate surface area is 234 Å². The molecule has 0 aromatic heterocycles. The van der Waals surface area contributed by atoms with Gasteiger partial charge in [-0.05, 0) is 85.6 Å². The fourth-order valence-electron chi connectivity index (χ4n) is 3.82. The summed E-state index contributed by atoms with van der Waals surface area (Å²) in [5, 5.41) is 15.3. The molecule has 17 heteroatoms. The molecule has 0 aliphatic rings. The van der Waals surface area contributed by atoms with Crippen LogP contribution in [0.3, 0.4) is 0 Å². The highest BCUT2D eigenvalue weighted by Gasteiger charge is 2.25. The predicted octanol–water partition coefficient (Wildman–Crippen LogP) is 5.61. The van der Waals surface area contributed by atoms with Gasteiger partial charge in [0.2, 0.25) is 0 Å². The summed E-state index contributed by atoms with van der Waals surface area (Å²) in [6, 6.07) is 12.9. The Bertz CT molecular complexity index is 2110. The van der Waals surface area contributed by atoms with Gasteiger partial charge in [0.05, 0.1) is 27.6 Å². The summed E-state index contributed by atoms with van der Waals surface area (Å²) in [7, 11) is -15.3. The minimum Gasteiger partial charge on any atom is -0.399 e. The molecule has 0 atom stereocenters. The van der Waals surface area contributed by atoms with Crippen molar-refractivity contribution in [3.63, 3.8) is 0 Å². The topological polar surface area (TPSA) is 239 Å². The predicted molar refractivity (Wildman–Crippen MR) is 149 cm³/mol. The van der Waals surface area contributed by atoms with Crippen LogP contribution in [-0.2, 0) is 30.4 Å². The molecule has 41 heavy (non-hydrogen) atoms. The summed E-state index contributed by atoms with van der Waals surface area (Å²) in [4.78, 5) is -3.02. The van der Waals surface area contributed by atoms with Crippen LogP contribution in [0.15, 0.2) is 95.8 Å². The van der Waals surface area contributed by atoms with E-state index in [9.17, 15) is 38.9 Å². The molecule has 214 valence electrons. The standard InChI is InChI=1S/C24H21N5O9S3/c1-13-7-15(25)3-5-21(13)28-26-16-4-6-22(14(2)8-16)29-27-17-9-19-20(23(10-17)40(33,34)35)11-18(39(30,31)32)12-24(19)41(36,37)38/h3-12H,25H2,1-2H3,(H,30,31,32)(H,33,34,35)(H,36,37,38). The van der Waals surface area contributed by atoms with Gasteiger partial charge >= 0.3 is 0 Å². The minimum atomic E-state index is -5.15. The number of nitrogens with zero attached hydrogens (tertiary/aromatic N) is 4. The van der Waals surface area contributed by atoms with E-state index in [2.05, 4.69) is 20.5 Å². The van der Waals surface area contributed by atoms with Crippen LogP contribution in [0.25, 0.3) is 10.8 Å². The van der Waals surface area contributed by atoms with E-state index < -0.39 is 55.8 Å². The molecular formula is C24H21N5O9S3. The van der Waals surface area contributed by atoms with Gasteiger partial charge in [0.25, 0.3) is 30.4 Å². The zero-order valence-electron chi connectivity index (χ0n) is 21.2. The Hall–Kier alpha value is -4.13. The zero-order valence-corrected chi connectivity index (χ0v) is 23.6. The number of nitrogens with two attached hydrogens (primary N) is 1. The van der Waals surface area contributed by atoms with E-state index in [0.717, 1.165) is 17.7 Å². The van der Waals surface area contributed by atoms with Crippen molar-refractivity contribution in [1.29, 1.82) is 0 Å². The van der Waals surface area contributed by atoms with E-state index in [-0.39, 0.29) is 5.69 Å². The molecule has 5 N–H and O–H groups in total. The number of fused-ring (bicyclic) bond motifs is 1. The molecule has 0 saturated carbocycles. The summed E-state index contributed by atoms with van der Waals surface area (Å²) in [6.07, 6.45) is 0. The van der Waals surface area contributed by atoms with Crippen LogP contribution in [-0.4, -0.2) is 38.9 Å². The van der Waals surface area contributed by atoms with Crippen molar-refractivity contribution in [2.24, 2.45) is 20.5 Å². The molecule has 0 bridgehead atoms. The number of aryl methyl sites for hydroxylation is 2. The number of hydrogen-bond acceptors (Lipinski definition) is 11. The van der Waals surface area contributed by atoms with Crippen molar-refractivity contribution in [3.8, 4) is 0 Å². The number of rotatable bonds is 7. The third kappa shape index (κ3) is 6.79. The molecule has 4 aromatic rings. The molecule has 0 saturated heterocycles. The summed E-state index contributed by atoms with van der Waals surface area (Å²) in [5.41, 5.74) is 8.93. The van der Waals surface area contributed by atoms with Crippen LogP contribution in [0, 0.1) is 13.8 Å². The van der Waals surface area contributed by atoms with E-state index in [1.54, 1.807) is 43.3 Å². The van der Waals surface area contributed by atoms with Crippen molar-refractivity contribution < 1.29 is 38.9 Å². The summed E-state index contributed by atoms with van der Waals surface area (Å²) in [6.45, 7) is 3.53. The lowest BCUT2D eigenvalue weighted by Crippen LogP contribution is -2.07. The van der Waals surface area contributed by atoms with Crippen LogP contribution in [0.5, 0.6) is 0 Å². The van der Waals surface area contributed by atoms with E-state index in [0.29, 0.717) is 40.4 Å². The minimum absolute atomic E-state index is 0.267. The third-order valence-corrected chi connectivity index (χ3v) is 8.37. The molecule has 0 aliphatic carbocycles. The second-order valence-corrected chi connectivity index (χ2v) is 13.0. The summed E-state index contributed by atoms with van der Waals surface area (Å²) < 4.78 is 100. The summed E-state index contributed by atoms with van der Waals surface area (Å²) >= 11 is 0. The molecule has 0 amide bonds. The maximum atomic E-state index is 12.1. The molecule has 4 rings (SSSR count). The first-order valence-electron chi connectivity index (χ1n) is 11.3. The molecule has 14 nitrogen and oxygen atoms in total. The molecular weight excluding hydrogens is 598 g/mol. The molecule has 0 fully saturated rings. The monoisotopic (exact) mass is 619 g/mol. The first-order valence-corrected chi connectivity index (χ1v) is 15.6. The van der Waals surface area contributed by atoms with Crippen molar-refractivity contribution in [1.82, 2.24) is 0 Å². The van der Waals surface area contributed by atoms with Gasteiger partial charge in [-0.3, -0.25) is 13.7 Å². The fourth-order valence-corrected chi connectivity index (χ4v) is 5.86. The second kappa shape index (κ2) is 10.7. The van der Waals surface area contributed by atoms with E-state index in [4.69, 9.17) is 5.73 Å². The van der Waals surface area contributed by atoms with Crippen molar-refractivity contribution in [3.05, 3.63) is 71.8 Å². The Balaban J connectivity index is 1.79. The van der Waals surface area contributed by atoms with Crippen LogP contribution >= 0.6 is 0 Å². The SMILES string of the molecule is Cc1cc(N)ccc1N=Nc1ccc(N=Nc2cc(S(=O)(=O)O)c3cc(S(=O)(=O)O)cc(S(=O)(=O)O)c3c2)c(C)c1. The lowest BCUT2D eigenvalue weighted by Gasteiger charge is -2.11. The van der Waals surface area contributed by atoms with Gasteiger partial charge in [0.15, 0.2) is 0 Å². The van der Waals surface area contributed by atoms with Gasteiger partial charge in [-0.15, -0.1) is 0 Å². The number of anilines is 1. The van der Waals surface area contributed by atoms with Crippen LogP contribution in [0.1, 0.15) is 11.1 Å². The lowest BCUT2D eigenvalue weighted by atomic mass is 10.1. The van der Waals surface area contributed by atoms with E-state index in [1.165, 1.54) is 0 Å². The molecule has 0 heterocycles. The lowest BCUT2D eigenvalue weighted by molar-refractivity contribution is 0.478. The Morgan fingerprint density at radius 3 is 1.61 bits per heavy atom. The highest BCUT2D eigenvalue weighted by Crippen LogP contribution is 2.36. The van der Waals surface area contributed by atoms with Gasteiger partial charge < -0.3 is 5.73 Å². The van der Waals surface area contributed by atoms with Crippen LogP contribution in [0.4, 0.5) is 28.4 Å². The van der Waals surface area contributed by atoms with Gasteiger partial charge in [0.1, 0.15) is 9.79 Å². The Kier molecular flexibility index (Phi) is 7.78. The van der Waals surface area contributed by atoms with Gasteiger partial charge in [-0.2, -0.15) is 45.7 Å². The Morgan fingerprint density at radius 2 is 1.07 bits per heavy atom. The van der Waals surface area contributed by atoms with Crippen molar-refractivity contribution in [2.75, 3.05) is 5.73 Å². The molecule has 4 aromatic carbocycles. The first-order chi connectivity index (χ1) is 18.9. The number of azo groups is 2. The summed E-state index contributed by atoms with van der Waals surface area (Å²) in [5.74, 6) is 0. The largest absolute Gasteiger partial charge is 0.399 e. The smallest absolute Gasteiger partial charge is 0.295 e. The van der Waals surface area contributed by atoms with Crippen LogP contribution < -0.4 is 5.73 Å². The third-order valence-electron chi connectivity index (χ3n) is 5.75. The molecule has 0 aliphatic heterocycles. The molecule has 0 radical (unpaired) electrons. The maximum Gasteiger partial charge on any atom is 0.295 e. The molecule has 0 unspecified atom stereocenters. The quantitative estimate of drug-likeness (QED) is 0.113. The number of benzene rings is 4. The van der Waals surface area contributed by atoms with E-state index in [1.807, 2.05) is 6.92 Å². The average Bonchev–Trinajstić information content (AvgIpc) is 2.84. The molecule has 0 spiro atoms. The van der Waals surface area contributed by atoms with Crippen LogP contribution in [0.2, 0.25) is 0 Å². The number of nitrogen functional groups attached to an aromatic ring is 1. The Morgan fingerprint density at radius 1 is 0.561 bits per heavy atom. The second-order valence-electron chi connectivity index (χ2n) is 8.80. The number of hydrogen-bond donors (Lipinski definition) is 4. The normalized spacial score (nSPS) is 13.0. The van der Waals surface area contributed by atoms with Crippen molar-refractivity contribution in [2.45, 2.75) is 28.5 Å². The fraction of sp³-hybridized carbons (Fsp3) is 0.0833. The van der Waals surface area contributed by atoms with Gasteiger partial charge in [-0.25, -0.2) is 0 Å². The van der Waals surface area contributed by atoms with Crippen molar-refractivity contribution >= 4 is 69.6 Å². The average molecular weight is 620 g/mol. The highest BCUT2D eigenvalue weighted by atomic mass is 32.2.